The molecule has 0 amide bonds. The molecule has 0 bridgehead atoms. The number of nitrogens with zero attached hydrogens (tertiary/aromatic N) is 2. The van der Waals surface area contributed by atoms with E-state index in [4.69, 9.17) is 0 Å². The number of allylic oxidation sites excluding steroid dienone is 2. The fourth-order valence-electron chi connectivity index (χ4n) is 2.32. The summed E-state index contributed by atoms with van der Waals surface area (Å²) in [5.74, 6) is 0. The topological polar surface area (TPSA) is 17.8 Å². The Morgan fingerprint density at radius 1 is 1.05 bits per heavy atom. The summed E-state index contributed by atoms with van der Waals surface area (Å²) in [6, 6.07) is 17.1. The summed E-state index contributed by atoms with van der Waals surface area (Å²) in [5, 5.41) is 0. The highest BCUT2D eigenvalue weighted by Crippen LogP contribution is 2.24. The monoisotopic (exact) mass is 352 g/mol. The predicted molar refractivity (Wildman–Crippen MR) is 95.5 cm³/mol. The Morgan fingerprint density at radius 2 is 1.68 bits per heavy atom. The smallest absolute Gasteiger partial charge is 0.0948 e. The molecule has 0 fully saturated rings. The molecule has 3 heteroatoms. The minimum atomic E-state index is 0.848. The third kappa shape index (κ3) is 3.55. The zero-order valence-corrected chi connectivity index (χ0v) is 14.0. The molecular formula is C19H17BrN2. The van der Waals surface area contributed by atoms with Crippen LogP contribution in [0.1, 0.15) is 12.5 Å². The normalized spacial score (nSPS) is 11.6. The van der Waals surface area contributed by atoms with E-state index in [0.717, 1.165) is 11.0 Å². The van der Waals surface area contributed by atoms with Crippen LogP contribution >= 0.6 is 15.9 Å². The Hall–Kier alpha value is -2.13. The lowest BCUT2D eigenvalue weighted by Gasteiger charge is -2.06. The summed E-state index contributed by atoms with van der Waals surface area (Å²) >= 11 is 3.47. The van der Waals surface area contributed by atoms with Crippen molar-refractivity contribution >= 4 is 21.5 Å². The van der Waals surface area contributed by atoms with E-state index in [9.17, 15) is 0 Å². The molecule has 3 rings (SSSR count). The van der Waals surface area contributed by atoms with Crippen molar-refractivity contribution in [3.8, 4) is 11.1 Å². The van der Waals surface area contributed by atoms with Crippen LogP contribution in [0.25, 0.3) is 16.7 Å². The molecule has 0 unspecified atom stereocenters. The lowest BCUT2D eigenvalue weighted by molar-refractivity contribution is 0.821. The third-order valence-electron chi connectivity index (χ3n) is 3.69. The van der Waals surface area contributed by atoms with Gasteiger partial charge in [-0.3, -0.25) is 0 Å². The van der Waals surface area contributed by atoms with E-state index in [1.807, 2.05) is 12.5 Å². The summed E-state index contributed by atoms with van der Waals surface area (Å²) in [4.78, 5) is 4.05. The predicted octanol–water partition coefficient (Wildman–Crippen LogP) is 5.42. The Kier molecular flexibility index (Phi) is 4.54. The van der Waals surface area contributed by atoms with Crippen LogP contribution in [0.15, 0.2) is 77.8 Å². The average Bonchev–Trinajstić information content (AvgIpc) is 3.07. The first-order valence-electron chi connectivity index (χ1n) is 7.21. The molecular weight excluding hydrogens is 336 g/mol. The van der Waals surface area contributed by atoms with Crippen LogP contribution in [-0.4, -0.2) is 9.55 Å². The maximum atomic E-state index is 4.05. The Bertz CT molecular complexity index is 754. The molecule has 1 aromatic heterocycles. The SMILES string of the molecule is C/C(=C/Cn1ccnc1)c1ccc(-c2ccc(Br)cc2)cc1. The quantitative estimate of drug-likeness (QED) is 0.613. The number of aromatic nitrogens is 2. The second-order valence-corrected chi connectivity index (χ2v) is 6.15. The number of imidazole rings is 1. The molecule has 3 aromatic rings. The van der Waals surface area contributed by atoms with Crippen molar-refractivity contribution in [1.82, 2.24) is 9.55 Å². The first kappa shape index (κ1) is 14.8. The summed E-state index contributed by atoms with van der Waals surface area (Å²) in [7, 11) is 0. The van der Waals surface area contributed by atoms with Gasteiger partial charge in [-0.05, 0) is 41.3 Å². The molecule has 0 spiro atoms. The van der Waals surface area contributed by atoms with Crippen molar-refractivity contribution in [2.75, 3.05) is 0 Å². The Labute approximate surface area is 139 Å². The average molecular weight is 353 g/mol. The minimum Gasteiger partial charge on any atom is -0.334 e. The molecule has 0 saturated heterocycles. The lowest BCUT2D eigenvalue weighted by Crippen LogP contribution is -1.91. The number of hydrogen-bond donors (Lipinski definition) is 0. The summed E-state index contributed by atoms with van der Waals surface area (Å²) in [6.45, 7) is 2.99. The Balaban J connectivity index is 1.76. The molecule has 0 aliphatic rings. The molecule has 0 aliphatic carbocycles. The largest absolute Gasteiger partial charge is 0.334 e. The fourth-order valence-corrected chi connectivity index (χ4v) is 2.59. The van der Waals surface area contributed by atoms with Crippen molar-refractivity contribution < 1.29 is 0 Å². The van der Waals surface area contributed by atoms with Crippen LogP contribution < -0.4 is 0 Å². The second-order valence-electron chi connectivity index (χ2n) is 5.23. The maximum Gasteiger partial charge on any atom is 0.0948 e. The number of hydrogen-bond acceptors (Lipinski definition) is 1. The van der Waals surface area contributed by atoms with E-state index in [1.54, 1.807) is 6.20 Å². The zero-order chi connectivity index (χ0) is 15.4. The van der Waals surface area contributed by atoms with Gasteiger partial charge in [-0.2, -0.15) is 0 Å². The van der Waals surface area contributed by atoms with Crippen LogP contribution in [0.3, 0.4) is 0 Å². The maximum absolute atomic E-state index is 4.05. The van der Waals surface area contributed by atoms with Gasteiger partial charge in [0.25, 0.3) is 0 Å². The van der Waals surface area contributed by atoms with Gasteiger partial charge in [0.15, 0.2) is 0 Å². The van der Waals surface area contributed by atoms with Crippen LogP contribution in [0.2, 0.25) is 0 Å². The zero-order valence-electron chi connectivity index (χ0n) is 12.4. The highest BCUT2D eigenvalue weighted by atomic mass is 79.9. The van der Waals surface area contributed by atoms with Crippen molar-refractivity contribution in [2.45, 2.75) is 13.5 Å². The molecule has 0 saturated carbocycles. The van der Waals surface area contributed by atoms with Gasteiger partial charge in [0.2, 0.25) is 0 Å². The molecule has 110 valence electrons. The standard InChI is InChI=1S/C19H17BrN2/c1-15(10-12-22-13-11-21-14-22)16-2-4-17(5-3-16)18-6-8-19(20)9-7-18/h2-11,13-14H,12H2,1H3/b15-10-. The van der Waals surface area contributed by atoms with Crippen molar-refractivity contribution in [3.05, 3.63) is 83.4 Å². The molecule has 22 heavy (non-hydrogen) atoms. The summed E-state index contributed by atoms with van der Waals surface area (Å²) < 4.78 is 3.16. The van der Waals surface area contributed by atoms with E-state index < -0.39 is 0 Å². The van der Waals surface area contributed by atoms with Crippen molar-refractivity contribution in [1.29, 1.82) is 0 Å². The van der Waals surface area contributed by atoms with Crippen LogP contribution in [-0.2, 0) is 6.54 Å². The lowest BCUT2D eigenvalue weighted by atomic mass is 10.0. The Morgan fingerprint density at radius 3 is 2.27 bits per heavy atom. The van der Waals surface area contributed by atoms with E-state index in [-0.39, 0.29) is 0 Å². The van der Waals surface area contributed by atoms with Gasteiger partial charge < -0.3 is 4.57 Å². The van der Waals surface area contributed by atoms with Crippen LogP contribution in [0.4, 0.5) is 0 Å². The van der Waals surface area contributed by atoms with E-state index >= 15 is 0 Å². The first-order chi connectivity index (χ1) is 10.7. The summed E-state index contributed by atoms with van der Waals surface area (Å²) in [5.41, 5.74) is 4.99. The second kappa shape index (κ2) is 6.75. The molecule has 0 N–H and O–H groups in total. The number of benzene rings is 2. The fraction of sp³-hybridized carbons (Fsp3) is 0.105. The highest BCUT2D eigenvalue weighted by molar-refractivity contribution is 9.10. The van der Waals surface area contributed by atoms with Gasteiger partial charge in [0.05, 0.1) is 6.33 Å². The van der Waals surface area contributed by atoms with Crippen LogP contribution in [0, 0.1) is 0 Å². The van der Waals surface area contributed by atoms with E-state index in [2.05, 4.69) is 87.0 Å². The number of rotatable bonds is 4. The van der Waals surface area contributed by atoms with Gasteiger partial charge in [0.1, 0.15) is 0 Å². The highest BCUT2D eigenvalue weighted by Gasteiger charge is 2.00. The molecule has 0 atom stereocenters. The van der Waals surface area contributed by atoms with Gasteiger partial charge in [-0.25, -0.2) is 4.98 Å². The van der Waals surface area contributed by atoms with E-state index in [1.165, 1.54) is 22.3 Å². The molecule has 1 heterocycles. The molecule has 0 radical (unpaired) electrons. The van der Waals surface area contributed by atoms with Crippen molar-refractivity contribution in [2.24, 2.45) is 0 Å². The number of halogens is 1. The van der Waals surface area contributed by atoms with E-state index in [0.29, 0.717) is 0 Å². The molecule has 2 aromatic carbocycles. The van der Waals surface area contributed by atoms with Gasteiger partial charge in [-0.1, -0.05) is 58.4 Å². The van der Waals surface area contributed by atoms with Gasteiger partial charge in [0, 0.05) is 23.4 Å². The minimum absolute atomic E-state index is 0.848. The molecule has 2 nitrogen and oxygen atoms in total. The van der Waals surface area contributed by atoms with Gasteiger partial charge in [-0.15, -0.1) is 0 Å². The summed E-state index contributed by atoms with van der Waals surface area (Å²) in [6.07, 6.45) is 7.83. The van der Waals surface area contributed by atoms with Crippen LogP contribution in [0.5, 0.6) is 0 Å². The molecule has 0 aliphatic heterocycles. The third-order valence-corrected chi connectivity index (χ3v) is 4.21. The van der Waals surface area contributed by atoms with Crippen molar-refractivity contribution in [3.63, 3.8) is 0 Å². The first-order valence-corrected chi connectivity index (χ1v) is 8.00. The van der Waals surface area contributed by atoms with Gasteiger partial charge >= 0.3 is 0 Å².